The maximum Gasteiger partial charge on any atom is 0.251 e. The molecule has 3 aromatic rings. The number of carbonyl (C=O) groups excluding carboxylic acids is 1. The fraction of sp³-hybridized carbons (Fsp3) is 0.130. The Morgan fingerprint density at radius 2 is 1.85 bits per heavy atom. The molecule has 0 heterocycles. The van der Waals surface area contributed by atoms with Crippen LogP contribution in [0.15, 0.2) is 60.7 Å². The molecule has 3 aromatic carbocycles. The van der Waals surface area contributed by atoms with Gasteiger partial charge in [0.2, 0.25) is 0 Å². The highest BCUT2D eigenvalue weighted by Crippen LogP contribution is 2.22. The van der Waals surface area contributed by atoms with Crippen LogP contribution >= 0.6 is 11.6 Å². The summed E-state index contributed by atoms with van der Waals surface area (Å²) in [5.74, 6) is -0.814. The van der Waals surface area contributed by atoms with E-state index in [-0.39, 0.29) is 30.6 Å². The van der Waals surface area contributed by atoms with Crippen LogP contribution in [0, 0.1) is 11.2 Å². The highest BCUT2D eigenvalue weighted by atomic mass is 35.5. The van der Waals surface area contributed by atoms with Gasteiger partial charge in [0.05, 0.1) is 17.0 Å². The molecule has 172 valence electrons. The molecule has 0 radical (unpaired) electrons. The van der Waals surface area contributed by atoms with Crippen molar-refractivity contribution >= 4 is 46.1 Å². The number of benzene rings is 3. The van der Waals surface area contributed by atoms with Crippen molar-refractivity contribution in [3.05, 3.63) is 93.8 Å². The summed E-state index contributed by atoms with van der Waals surface area (Å²) in [6, 6.07) is 16.2. The first-order chi connectivity index (χ1) is 15.7. The first-order valence-electron chi connectivity index (χ1n) is 9.86. The van der Waals surface area contributed by atoms with Crippen LogP contribution in [0.2, 0.25) is 5.02 Å². The summed E-state index contributed by atoms with van der Waals surface area (Å²) in [6.07, 6.45) is 1.47. The Morgan fingerprint density at radius 3 is 2.55 bits per heavy atom. The topological polar surface area (TPSA) is 126 Å². The van der Waals surface area contributed by atoms with Gasteiger partial charge in [0.25, 0.3) is 5.91 Å². The summed E-state index contributed by atoms with van der Waals surface area (Å²) in [5, 5.41) is 14.0. The highest BCUT2D eigenvalue weighted by molar-refractivity contribution is 7.92. The molecule has 0 aliphatic rings. The number of amides is 1. The number of nitrogen functional groups attached to an aromatic ring is 1. The molecular formula is C23H23ClFN5O2S. The molecule has 10 heteroatoms. The third-order valence-electron chi connectivity index (χ3n) is 4.71. The van der Waals surface area contributed by atoms with E-state index in [9.17, 15) is 13.7 Å². The SMILES string of the molecule is C[S+]([O-])Nc1cc(Cl)cc(C(=O)NCc2ccc(C(=N)N)cc2NCc2ccccc2F)c1. The summed E-state index contributed by atoms with van der Waals surface area (Å²) >= 11 is 4.78. The van der Waals surface area contributed by atoms with Crippen molar-refractivity contribution in [1.29, 1.82) is 5.41 Å². The van der Waals surface area contributed by atoms with E-state index in [4.69, 9.17) is 22.7 Å². The number of anilines is 2. The highest BCUT2D eigenvalue weighted by Gasteiger charge is 2.13. The summed E-state index contributed by atoms with van der Waals surface area (Å²) in [5.41, 5.74) is 8.69. The van der Waals surface area contributed by atoms with E-state index >= 15 is 0 Å². The van der Waals surface area contributed by atoms with Gasteiger partial charge in [0.1, 0.15) is 17.9 Å². The lowest BCUT2D eigenvalue weighted by Gasteiger charge is -2.15. The van der Waals surface area contributed by atoms with Gasteiger partial charge < -0.3 is 20.9 Å². The molecule has 0 aliphatic carbocycles. The Kier molecular flexibility index (Phi) is 8.16. The van der Waals surface area contributed by atoms with Crippen LogP contribution in [0.3, 0.4) is 0 Å². The average molecular weight is 488 g/mol. The fourth-order valence-electron chi connectivity index (χ4n) is 3.12. The molecule has 0 bridgehead atoms. The van der Waals surface area contributed by atoms with Crippen molar-refractivity contribution in [3.63, 3.8) is 0 Å². The van der Waals surface area contributed by atoms with Gasteiger partial charge in [0.15, 0.2) is 0 Å². The van der Waals surface area contributed by atoms with Gasteiger partial charge in [0, 0.05) is 40.5 Å². The second kappa shape index (κ2) is 11.0. The molecule has 0 spiro atoms. The Bertz CT molecular complexity index is 1180. The van der Waals surface area contributed by atoms with Gasteiger partial charge in [-0.05, 0) is 35.9 Å². The monoisotopic (exact) mass is 487 g/mol. The standard InChI is InChI=1S/C23H23ClFN5O2S/c1-33(32)30-19-9-17(8-18(24)11-19)23(31)29-13-16-7-6-14(22(26)27)10-21(16)28-12-15-4-2-3-5-20(15)25/h2-11,28,30H,12-13H2,1H3,(H3,26,27)(H,29,31). The van der Waals surface area contributed by atoms with Gasteiger partial charge in [-0.1, -0.05) is 41.9 Å². The van der Waals surface area contributed by atoms with E-state index < -0.39 is 11.4 Å². The van der Waals surface area contributed by atoms with Crippen LogP contribution in [0.5, 0.6) is 0 Å². The van der Waals surface area contributed by atoms with E-state index in [1.54, 1.807) is 48.5 Å². The quantitative estimate of drug-likeness (QED) is 0.177. The Morgan fingerprint density at radius 1 is 1.09 bits per heavy atom. The molecule has 7 nitrogen and oxygen atoms in total. The molecule has 0 fully saturated rings. The number of hydrogen-bond donors (Lipinski definition) is 5. The van der Waals surface area contributed by atoms with Crippen molar-refractivity contribution in [2.24, 2.45) is 5.73 Å². The number of hydrogen-bond acceptors (Lipinski definition) is 5. The molecule has 0 aliphatic heterocycles. The van der Waals surface area contributed by atoms with Gasteiger partial charge in [-0.3, -0.25) is 10.2 Å². The normalized spacial score (nSPS) is 11.5. The zero-order valence-corrected chi connectivity index (χ0v) is 19.3. The van der Waals surface area contributed by atoms with Crippen molar-refractivity contribution in [2.45, 2.75) is 13.1 Å². The molecule has 0 aromatic heterocycles. The van der Waals surface area contributed by atoms with Gasteiger partial charge in [-0.2, -0.15) is 0 Å². The molecule has 1 amide bonds. The summed E-state index contributed by atoms with van der Waals surface area (Å²) in [4.78, 5) is 12.7. The first-order valence-corrected chi connectivity index (χ1v) is 11.8. The zero-order valence-electron chi connectivity index (χ0n) is 17.7. The smallest absolute Gasteiger partial charge is 0.251 e. The summed E-state index contributed by atoms with van der Waals surface area (Å²) < 4.78 is 28.1. The first kappa shape index (κ1) is 24.4. The minimum atomic E-state index is -1.31. The Balaban J connectivity index is 1.77. The molecule has 1 unspecified atom stereocenters. The number of nitrogens with two attached hydrogens (primary N) is 1. The van der Waals surface area contributed by atoms with Gasteiger partial charge in [-0.15, -0.1) is 0 Å². The van der Waals surface area contributed by atoms with Crippen molar-refractivity contribution in [2.75, 3.05) is 16.3 Å². The van der Waals surface area contributed by atoms with E-state index in [0.717, 1.165) is 5.56 Å². The second-order valence-electron chi connectivity index (χ2n) is 7.20. The van der Waals surface area contributed by atoms with Crippen LogP contribution in [-0.4, -0.2) is 22.6 Å². The Hall–Kier alpha value is -3.27. The second-order valence-corrected chi connectivity index (χ2v) is 8.75. The number of carbonyl (C=O) groups is 1. The van der Waals surface area contributed by atoms with Gasteiger partial charge >= 0.3 is 0 Å². The molecule has 0 saturated carbocycles. The Labute approximate surface area is 199 Å². The molecule has 3 rings (SSSR count). The van der Waals surface area contributed by atoms with E-state index in [1.165, 1.54) is 18.4 Å². The molecule has 6 N–H and O–H groups in total. The minimum absolute atomic E-state index is 0.105. The lowest BCUT2D eigenvalue weighted by Crippen LogP contribution is -2.24. The summed E-state index contributed by atoms with van der Waals surface area (Å²) in [6.45, 7) is 0.373. The van der Waals surface area contributed by atoms with Crippen molar-refractivity contribution < 1.29 is 13.7 Å². The van der Waals surface area contributed by atoms with Crippen molar-refractivity contribution in [1.82, 2.24) is 5.32 Å². The number of nitrogens with one attached hydrogen (secondary N) is 4. The van der Waals surface area contributed by atoms with Gasteiger partial charge in [-0.25, -0.2) is 9.11 Å². The van der Waals surface area contributed by atoms with Crippen LogP contribution in [-0.2, 0) is 24.5 Å². The summed E-state index contributed by atoms with van der Waals surface area (Å²) in [7, 11) is 0. The van der Waals surface area contributed by atoms with Crippen LogP contribution in [0.1, 0.15) is 27.0 Å². The maximum absolute atomic E-state index is 14.0. The average Bonchev–Trinajstić information content (AvgIpc) is 2.76. The van der Waals surface area contributed by atoms with Crippen LogP contribution < -0.4 is 21.1 Å². The minimum Gasteiger partial charge on any atom is -0.593 e. The zero-order chi connectivity index (χ0) is 24.0. The lowest BCUT2D eigenvalue weighted by molar-refractivity contribution is 0.0951. The van der Waals surface area contributed by atoms with E-state index in [0.29, 0.717) is 33.1 Å². The van der Waals surface area contributed by atoms with Crippen LogP contribution in [0.25, 0.3) is 0 Å². The van der Waals surface area contributed by atoms with Crippen LogP contribution in [0.4, 0.5) is 15.8 Å². The molecular weight excluding hydrogens is 465 g/mol. The molecule has 1 atom stereocenters. The molecule has 33 heavy (non-hydrogen) atoms. The largest absolute Gasteiger partial charge is 0.593 e. The van der Waals surface area contributed by atoms with Crippen molar-refractivity contribution in [3.8, 4) is 0 Å². The van der Waals surface area contributed by atoms with E-state index in [2.05, 4.69) is 15.4 Å². The third-order valence-corrected chi connectivity index (χ3v) is 5.45. The molecule has 0 saturated heterocycles. The predicted molar refractivity (Wildman–Crippen MR) is 131 cm³/mol. The number of halogens is 2. The number of rotatable bonds is 9. The maximum atomic E-state index is 14.0. The third kappa shape index (κ3) is 6.85. The van der Waals surface area contributed by atoms with E-state index in [1.807, 2.05) is 0 Å². The number of amidine groups is 1. The predicted octanol–water partition coefficient (Wildman–Crippen LogP) is 4.01. The fourth-order valence-corrected chi connectivity index (χ4v) is 3.80. The lowest BCUT2D eigenvalue weighted by atomic mass is 10.1.